The summed E-state index contributed by atoms with van der Waals surface area (Å²) in [5.41, 5.74) is 6.99. The van der Waals surface area contributed by atoms with Gasteiger partial charge in [-0.25, -0.2) is 14.8 Å². The van der Waals surface area contributed by atoms with Crippen molar-refractivity contribution in [3.63, 3.8) is 0 Å². The quantitative estimate of drug-likeness (QED) is 0.116. The van der Waals surface area contributed by atoms with Gasteiger partial charge < -0.3 is 14.6 Å². The first kappa shape index (κ1) is 30.9. The summed E-state index contributed by atoms with van der Waals surface area (Å²) < 4.78 is 28.2. The fourth-order valence-electron chi connectivity index (χ4n) is 4.82. The molecule has 0 fully saturated rings. The van der Waals surface area contributed by atoms with Gasteiger partial charge in [-0.05, 0) is 59.7 Å². The number of aliphatic imine (C=N–C) groups is 1. The number of aliphatic hydroxyl groups is 1. The largest absolute Gasteiger partial charge is 0.494 e. The minimum absolute atomic E-state index is 0.0526. The van der Waals surface area contributed by atoms with Gasteiger partial charge in [-0.15, -0.1) is 0 Å². The average Bonchev–Trinajstić information content (AvgIpc) is 3.40. The van der Waals surface area contributed by atoms with Gasteiger partial charge in [-0.1, -0.05) is 80.4 Å². The van der Waals surface area contributed by atoms with Crippen LogP contribution in [-0.4, -0.2) is 35.7 Å². The second-order valence-electron chi connectivity index (χ2n) is 10.0. The van der Waals surface area contributed by atoms with E-state index in [4.69, 9.17) is 19.6 Å². The standard InChI is InChI=1S/C33H30Br2FN3O4/c34-26-14-10-22(11-15-26)30-33(20-24-6-1-3-8-28(24)35,32(41)39-37-21-25-7-2-4-9-29(25)36)38-31(43-30)23-12-16-27(17-13-23)42-19-5-18-40/h1-4,6-17,30,37,40H,5,18-21H2,(H,39,41)/t30-,33-/m0/s1. The van der Waals surface area contributed by atoms with Crippen LogP contribution in [0, 0.1) is 5.82 Å². The van der Waals surface area contributed by atoms with Gasteiger partial charge in [0.05, 0.1) is 6.61 Å². The third kappa shape index (κ3) is 7.33. The third-order valence-corrected chi connectivity index (χ3v) is 8.36. The number of hydrogen-bond acceptors (Lipinski definition) is 6. The number of halogens is 3. The van der Waals surface area contributed by atoms with Crippen molar-refractivity contribution >= 4 is 43.7 Å². The molecule has 43 heavy (non-hydrogen) atoms. The van der Waals surface area contributed by atoms with E-state index in [0.29, 0.717) is 35.8 Å². The van der Waals surface area contributed by atoms with Gasteiger partial charge in [-0.2, -0.15) is 0 Å². The van der Waals surface area contributed by atoms with Crippen molar-refractivity contribution in [2.24, 2.45) is 4.99 Å². The molecule has 0 saturated carbocycles. The monoisotopic (exact) mass is 709 g/mol. The van der Waals surface area contributed by atoms with Crippen LogP contribution in [0.25, 0.3) is 0 Å². The highest BCUT2D eigenvalue weighted by atomic mass is 79.9. The molecule has 7 nitrogen and oxygen atoms in total. The van der Waals surface area contributed by atoms with Crippen LogP contribution in [0.3, 0.4) is 0 Å². The molecule has 0 spiro atoms. The lowest BCUT2D eigenvalue weighted by Gasteiger charge is -2.31. The highest BCUT2D eigenvalue weighted by Gasteiger charge is 2.53. The maximum absolute atomic E-state index is 14.3. The van der Waals surface area contributed by atoms with Crippen LogP contribution in [0.4, 0.5) is 4.39 Å². The number of rotatable bonds is 12. The van der Waals surface area contributed by atoms with E-state index in [1.807, 2.05) is 60.7 Å². The van der Waals surface area contributed by atoms with Crippen LogP contribution in [-0.2, 0) is 22.5 Å². The molecule has 4 aromatic rings. The molecule has 1 amide bonds. The normalized spacial score (nSPS) is 17.7. The van der Waals surface area contributed by atoms with Gasteiger partial charge in [0, 0.05) is 46.1 Å². The van der Waals surface area contributed by atoms with E-state index in [1.165, 1.54) is 6.07 Å². The molecule has 0 bridgehead atoms. The minimum Gasteiger partial charge on any atom is -0.494 e. The number of aliphatic hydroxyl groups excluding tert-OH is 1. The van der Waals surface area contributed by atoms with Crippen molar-refractivity contribution in [1.82, 2.24) is 10.9 Å². The summed E-state index contributed by atoms with van der Waals surface area (Å²) in [5.74, 6) is 0.167. The Hall–Kier alpha value is -3.57. The molecular formula is C33H30Br2FN3O4. The van der Waals surface area contributed by atoms with Crippen LogP contribution in [0.15, 0.2) is 111 Å². The molecule has 1 aliphatic rings. The first-order valence-corrected chi connectivity index (χ1v) is 15.3. The average molecular weight is 711 g/mol. The number of nitrogens with zero attached hydrogens (tertiary/aromatic N) is 1. The van der Waals surface area contributed by atoms with Crippen LogP contribution in [0.5, 0.6) is 5.75 Å². The lowest BCUT2D eigenvalue weighted by atomic mass is 9.82. The molecule has 1 heterocycles. The van der Waals surface area contributed by atoms with Crippen molar-refractivity contribution in [3.05, 3.63) is 134 Å². The van der Waals surface area contributed by atoms with Crippen molar-refractivity contribution in [2.45, 2.75) is 31.0 Å². The lowest BCUT2D eigenvalue weighted by molar-refractivity contribution is -0.130. The Kier molecular flexibility index (Phi) is 10.2. The second-order valence-corrected chi connectivity index (χ2v) is 11.8. The molecule has 4 aromatic carbocycles. The number of benzene rings is 4. The molecule has 1 aliphatic heterocycles. The summed E-state index contributed by atoms with van der Waals surface area (Å²) in [7, 11) is 0. The number of amides is 1. The minimum atomic E-state index is -1.43. The summed E-state index contributed by atoms with van der Waals surface area (Å²) in [5, 5.41) is 9.04. The number of ether oxygens (including phenoxy) is 2. The fraction of sp³-hybridized carbons (Fsp3) is 0.212. The van der Waals surface area contributed by atoms with Gasteiger partial charge in [0.1, 0.15) is 11.6 Å². The van der Waals surface area contributed by atoms with Crippen molar-refractivity contribution < 1.29 is 23.8 Å². The Labute approximate surface area is 266 Å². The second kappa shape index (κ2) is 14.3. The van der Waals surface area contributed by atoms with Gasteiger partial charge in [-0.3, -0.25) is 10.2 Å². The van der Waals surface area contributed by atoms with E-state index in [0.717, 1.165) is 20.1 Å². The molecule has 2 atom stereocenters. The Morgan fingerprint density at radius 1 is 0.953 bits per heavy atom. The fourth-order valence-corrected chi connectivity index (χ4v) is 5.51. The Morgan fingerprint density at radius 3 is 2.35 bits per heavy atom. The zero-order chi connectivity index (χ0) is 30.2. The number of carbonyl (C=O) groups excluding carboxylic acids is 1. The number of nitrogens with one attached hydrogen (secondary N) is 2. The molecular weight excluding hydrogens is 681 g/mol. The molecule has 0 aliphatic carbocycles. The van der Waals surface area contributed by atoms with E-state index in [-0.39, 0.29) is 25.4 Å². The SMILES string of the molecule is O=C(NNCc1ccccc1F)[C@@]1(Cc2ccccc2Br)N=C(c2ccc(OCCCO)cc2)O[C@H]1c1ccc(Br)cc1. The predicted octanol–water partition coefficient (Wildman–Crippen LogP) is 6.43. The number of carbonyl (C=O) groups is 1. The maximum Gasteiger partial charge on any atom is 0.266 e. The molecule has 0 unspecified atom stereocenters. The molecule has 0 saturated heterocycles. The van der Waals surface area contributed by atoms with E-state index in [1.54, 1.807) is 30.3 Å². The zero-order valence-corrected chi connectivity index (χ0v) is 26.3. The van der Waals surface area contributed by atoms with Crippen molar-refractivity contribution in [3.8, 4) is 5.75 Å². The Balaban J connectivity index is 1.52. The smallest absolute Gasteiger partial charge is 0.266 e. The molecule has 10 heteroatoms. The molecule has 0 aromatic heterocycles. The van der Waals surface area contributed by atoms with E-state index in [2.05, 4.69) is 42.7 Å². The first-order valence-electron chi connectivity index (χ1n) is 13.8. The van der Waals surface area contributed by atoms with Gasteiger partial charge in [0.25, 0.3) is 5.91 Å². The zero-order valence-electron chi connectivity index (χ0n) is 23.1. The molecule has 5 rings (SSSR count). The summed E-state index contributed by atoms with van der Waals surface area (Å²) in [6.45, 7) is 0.534. The van der Waals surface area contributed by atoms with E-state index < -0.39 is 17.6 Å². The topological polar surface area (TPSA) is 92.2 Å². The van der Waals surface area contributed by atoms with E-state index in [9.17, 15) is 9.18 Å². The molecule has 3 N–H and O–H groups in total. The van der Waals surface area contributed by atoms with Crippen LogP contribution in [0.1, 0.15) is 34.8 Å². The third-order valence-electron chi connectivity index (χ3n) is 7.06. The van der Waals surface area contributed by atoms with Gasteiger partial charge >= 0.3 is 0 Å². The predicted molar refractivity (Wildman–Crippen MR) is 170 cm³/mol. The summed E-state index contributed by atoms with van der Waals surface area (Å²) in [6, 6.07) is 28.9. The highest BCUT2D eigenvalue weighted by molar-refractivity contribution is 9.10. The van der Waals surface area contributed by atoms with Crippen molar-refractivity contribution in [2.75, 3.05) is 13.2 Å². The highest BCUT2D eigenvalue weighted by Crippen LogP contribution is 2.43. The number of hydrogen-bond donors (Lipinski definition) is 3. The van der Waals surface area contributed by atoms with E-state index >= 15 is 0 Å². The van der Waals surface area contributed by atoms with Crippen LogP contribution < -0.4 is 15.6 Å². The maximum atomic E-state index is 14.3. The van der Waals surface area contributed by atoms with Gasteiger partial charge in [0.15, 0.2) is 11.6 Å². The first-order chi connectivity index (χ1) is 20.9. The molecule has 222 valence electrons. The number of hydrazine groups is 1. The van der Waals surface area contributed by atoms with Crippen LogP contribution in [0.2, 0.25) is 0 Å². The summed E-state index contributed by atoms with van der Waals surface area (Å²) in [4.78, 5) is 19.3. The Bertz CT molecular complexity index is 1580. The summed E-state index contributed by atoms with van der Waals surface area (Å²) in [6.07, 6.45) is -0.0309. The lowest BCUT2D eigenvalue weighted by Crippen LogP contribution is -2.53. The van der Waals surface area contributed by atoms with Gasteiger partial charge in [0.2, 0.25) is 5.90 Å². The van der Waals surface area contributed by atoms with Crippen LogP contribution >= 0.6 is 31.9 Å². The summed E-state index contributed by atoms with van der Waals surface area (Å²) >= 11 is 7.13. The molecule has 0 radical (unpaired) electrons. The van der Waals surface area contributed by atoms with Crippen molar-refractivity contribution in [1.29, 1.82) is 0 Å². The Morgan fingerprint density at radius 2 is 1.65 bits per heavy atom.